The number of thiophene rings is 1. The van der Waals surface area contributed by atoms with Gasteiger partial charge in [0, 0.05) is 18.0 Å². The lowest BCUT2D eigenvalue weighted by Crippen LogP contribution is -2.01. The van der Waals surface area contributed by atoms with Crippen molar-refractivity contribution in [3.63, 3.8) is 0 Å². The maximum atomic E-state index is 12.0. The predicted molar refractivity (Wildman–Crippen MR) is 60.7 cm³/mol. The zero-order valence-electron chi connectivity index (χ0n) is 8.32. The Bertz CT molecular complexity index is 502. The fraction of sp³-hybridized carbons (Fsp3) is 0.200. The summed E-state index contributed by atoms with van der Waals surface area (Å²) in [6.45, 7) is 1.78. The van der Waals surface area contributed by atoms with Crippen LogP contribution in [0.1, 0.15) is 21.6 Å². The van der Waals surface area contributed by atoms with Gasteiger partial charge in [0.2, 0.25) is 0 Å². The number of nitrogens with zero attached hydrogens (tertiary/aromatic N) is 2. The number of carbonyl (C=O) groups excluding carboxylic acids is 1. The van der Waals surface area contributed by atoms with Crippen molar-refractivity contribution in [3.05, 3.63) is 38.8 Å². The van der Waals surface area contributed by atoms with Gasteiger partial charge in [-0.2, -0.15) is 16.4 Å². The second-order valence-electron chi connectivity index (χ2n) is 3.22. The molecule has 0 aromatic carbocycles. The van der Waals surface area contributed by atoms with Crippen molar-refractivity contribution in [2.24, 2.45) is 7.05 Å². The van der Waals surface area contributed by atoms with E-state index >= 15 is 0 Å². The van der Waals surface area contributed by atoms with Crippen LogP contribution in [0.2, 0.25) is 5.15 Å². The molecule has 2 rings (SSSR count). The molecule has 0 saturated heterocycles. The van der Waals surface area contributed by atoms with Crippen molar-refractivity contribution >= 4 is 28.7 Å². The zero-order chi connectivity index (χ0) is 11.0. The van der Waals surface area contributed by atoms with Gasteiger partial charge in [0.25, 0.3) is 0 Å². The molecule has 0 atom stereocenters. The minimum Gasteiger partial charge on any atom is -0.288 e. The van der Waals surface area contributed by atoms with Gasteiger partial charge in [0.05, 0.1) is 11.3 Å². The first-order valence-electron chi connectivity index (χ1n) is 4.37. The van der Waals surface area contributed by atoms with Crippen molar-refractivity contribution in [3.8, 4) is 0 Å². The maximum Gasteiger partial charge on any atom is 0.198 e. The first-order valence-corrected chi connectivity index (χ1v) is 5.69. The third kappa shape index (κ3) is 1.70. The largest absolute Gasteiger partial charge is 0.288 e. The molecular formula is C10H9ClN2OS. The number of ketones is 1. The van der Waals surface area contributed by atoms with Gasteiger partial charge in [-0.3, -0.25) is 9.48 Å². The van der Waals surface area contributed by atoms with Crippen molar-refractivity contribution in [2.75, 3.05) is 0 Å². The van der Waals surface area contributed by atoms with Gasteiger partial charge in [-0.1, -0.05) is 11.6 Å². The van der Waals surface area contributed by atoms with E-state index in [-0.39, 0.29) is 5.78 Å². The highest BCUT2D eigenvalue weighted by Gasteiger charge is 2.20. The quantitative estimate of drug-likeness (QED) is 0.757. The van der Waals surface area contributed by atoms with Crippen molar-refractivity contribution < 1.29 is 4.79 Å². The molecule has 0 fully saturated rings. The van der Waals surface area contributed by atoms with Gasteiger partial charge in [-0.05, 0) is 18.4 Å². The zero-order valence-corrected chi connectivity index (χ0v) is 9.89. The molecule has 0 amide bonds. The lowest BCUT2D eigenvalue weighted by atomic mass is 10.1. The molecule has 0 aliphatic carbocycles. The van der Waals surface area contributed by atoms with Crippen LogP contribution >= 0.6 is 22.9 Å². The molecule has 2 heterocycles. The van der Waals surface area contributed by atoms with Crippen LogP contribution in [0.4, 0.5) is 0 Å². The fourth-order valence-corrected chi connectivity index (χ4v) is 2.32. The molecule has 0 radical (unpaired) electrons. The molecule has 0 saturated carbocycles. The van der Waals surface area contributed by atoms with Crippen LogP contribution < -0.4 is 0 Å². The van der Waals surface area contributed by atoms with Gasteiger partial charge >= 0.3 is 0 Å². The average molecular weight is 241 g/mol. The Hall–Kier alpha value is -1.13. The van der Waals surface area contributed by atoms with E-state index in [0.717, 1.165) is 0 Å². The second-order valence-corrected chi connectivity index (χ2v) is 4.35. The lowest BCUT2D eigenvalue weighted by Gasteiger charge is -1.96. The predicted octanol–water partition coefficient (Wildman–Crippen LogP) is 2.67. The Balaban J connectivity index is 2.51. The number of aryl methyl sites for hydroxylation is 2. The van der Waals surface area contributed by atoms with Gasteiger partial charge in [-0.15, -0.1) is 0 Å². The van der Waals surface area contributed by atoms with E-state index in [0.29, 0.717) is 22.0 Å². The van der Waals surface area contributed by atoms with Crippen molar-refractivity contribution in [1.29, 1.82) is 0 Å². The van der Waals surface area contributed by atoms with E-state index in [1.54, 1.807) is 20.0 Å². The number of rotatable bonds is 2. The van der Waals surface area contributed by atoms with Crippen LogP contribution in [-0.4, -0.2) is 15.6 Å². The molecule has 5 heteroatoms. The third-order valence-electron chi connectivity index (χ3n) is 2.16. The van der Waals surface area contributed by atoms with Crippen LogP contribution in [0, 0.1) is 6.92 Å². The molecule has 78 valence electrons. The molecule has 0 aliphatic rings. The van der Waals surface area contributed by atoms with Crippen LogP contribution in [0.3, 0.4) is 0 Å². The summed E-state index contributed by atoms with van der Waals surface area (Å²) in [7, 11) is 1.72. The topological polar surface area (TPSA) is 34.9 Å². The summed E-state index contributed by atoms with van der Waals surface area (Å²) < 4.78 is 1.51. The van der Waals surface area contributed by atoms with Crippen molar-refractivity contribution in [2.45, 2.75) is 6.92 Å². The standard InChI is InChI=1S/C10H9ClN2OS/c1-6-8(10(11)13(2)12-6)9(14)7-3-4-15-5-7/h3-5H,1-2H3. The molecule has 0 aliphatic heterocycles. The molecule has 15 heavy (non-hydrogen) atoms. The Morgan fingerprint density at radius 1 is 1.60 bits per heavy atom. The van der Waals surface area contributed by atoms with Gasteiger partial charge in [0.1, 0.15) is 5.15 Å². The first kappa shape index (κ1) is 10.4. The van der Waals surface area contributed by atoms with E-state index in [1.807, 2.05) is 10.8 Å². The molecule has 0 bridgehead atoms. The van der Waals surface area contributed by atoms with E-state index in [2.05, 4.69) is 5.10 Å². The first-order chi connectivity index (χ1) is 7.11. The monoisotopic (exact) mass is 240 g/mol. The van der Waals surface area contributed by atoms with Crippen molar-refractivity contribution in [1.82, 2.24) is 9.78 Å². The number of halogens is 1. The molecule has 2 aromatic heterocycles. The Morgan fingerprint density at radius 3 is 2.80 bits per heavy atom. The van der Waals surface area contributed by atoms with Crippen LogP contribution in [0.15, 0.2) is 16.8 Å². The number of aromatic nitrogens is 2. The highest BCUT2D eigenvalue weighted by molar-refractivity contribution is 7.08. The average Bonchev–Trinajstić information content (AvgIpc) is 2.76. The second kappa shape index (κ2) is 3.79. The van der Waals surface area contributed by atoms with Gasteiger partial charge in [0.15, 0.2) is 5.78 Å². The third-order valence-corrected chi connectivity index (χ3v) is 3.28. The van der Waals surface area contributed by atoms with Crippen LogP contribution in [-0.2, 0) is 7.05 Å². The summed E-state index contributed by atoms with van der Waals surface area (Å²) >= 11 is 7.50. The van der Waals surface area contributed by atoms with Gasteiger partial charge in [-0.25, -0.2) is 0 Å². The normalized spacial score (nSPS) is 10.6. The maximum absolute atomic E-state index is 12.0. The summed E-state index contributed by atoms with van der Waals surface area (Å²) in [5.41, 5.74) is 1.83. The Morgan fingerprint density at radius 2 is 2.33 bits per heavy atom. The molecule has 2 aromatic rings. The number of hydrogen-bond donors (Lipinski definition) is 0. The SMILES string of the molecule is Cc1nn(C)c(Cl)c1C(=O)c1ccsc1. The van der Waals surface area contributed by atoms with E-state index in [4.69, 9.17) is 11.6 Å². The van der Waals surface area contributed by atoms with E-state index in [9.17, 15) is 4.79 Å². The van der Waals surface area contributed by atoms with Crippen LogP contribution in [0.25, 0.3) is 0 Å². The lowest BCUT2D eigenvalue weighted by molar-refractivity contribution is 0.103. The molecule has 0 N–H and O–H groups in total. The molecule has 0 spiro atoms. The van der Waals surface area contributed by atoms with E-state index < -0.39 is 0 Å². The molecule has 0 unspecified atom stereocenters. The summed E-state index contributed by atoms with van der Waals surface area (Å²) in [5.74, 6) is -0.0631. The Kier molecular flexibility index (Phi) is 2.63. The number of hydrogen-bond acceptors (Lipinski definition) is 3. The molecule has 3 nitrogen and oxygen atoms in total. The summed E-state index contributed by atoms with van der Waals surface area (Å²) in [4.78, 5) is 12.0. The highest BCUT2D eigenvalue weighted by Crippen LogP contribution is 2.22. The number of carbonyl (C=O) groups is 1. The van der Waals surface area contributed by atoms with Gasteiger partial charge < -0.3 is 0 Å². The molecular weight excluding hydrogens is 232 g/mol. The Labute approximate surface area is 96.3 Å². The van der Waals surface area contributed by atoms with Crippen LogP contribution in [0.5, 0.6) is 0 Å². The minimum atomic E-state index is -0.0631. The fourth-order valence-electron chi connectivity index (χ4n) is 1.43. The minimum absolute atomic E-state index is 0.0631. The summed E-state index contributed by atoms with van der Waals surface area (Å²) in [6, 6.07) is 1.79. The summed E-state index contributed by atoms with van der Waals surface area (Å²) in [6.07, 6.45) is 0. The van der Waals surface area contributed by atoms with E-state index in [1.165, 1.54) is 16.0 Å². The summed E-state index contributed by atoms with van der Waals surface area (Å²) in [5, 5.41) is 8.18. The smallest absolute Gasteiger partial charge is 0.198 e. The highest BCUT2D eigenvalue weighted by atomic mass is 35.5.